The van der Waals surface area contributed by atoms with Crippen LogP contribution in [0, 0.1) is 13.8 Å². The van der Waals surface area contributed by atoms with Crippen LogP contribution < -0.4 is 10.1 Å². The van der Waals surface area contributed by atoms with E-state index in [0.29, 0.717) is 31.1 Å². The first kappa shape index (κ1) is 18.6. The Hall–Kier alpha value is -3.15. The second-order valence-electron chi connectivity index (χ2n) is 6.27. The fourth-order valence-electron chi connectivity index (χ4n) is 3.03. The number of carbonyl (C=O) groups is 1. The Bertz CT molecular complexity index is 919. The molecule has 0 aliphatic carbocycles. The first-order valence-corrected chi connectivity index (χ1v) is 9.03. The van der Waals surface area contributed by atoms with Crippen LogP contribution in [0.2, 0.25) is 0 Å². The van der Waals surface area contributed by atoms with Crippen LogP contribution >= 0.6 is 0 Å². The zero-order valence-electron chi connectivity index (χ0n) is 15.9. The number of nitrogens with one attached hydrogen (secondary N) is 1. The lowest BCUT2D eigenvalue weighted by Crippen LogP contribution is -2.24. The Morgan fingerprint density at radius 2 is 1.93 bits per heavy atom. The number of pyridine rings is 1. The molecule has 3 aromatic rings. The smallest absolute Gasteiger partial charge is 0.255 e. The Kier molecular flexibility index (Phi) is 5.86. The van der Waals surface area contributed by atoms with Crippen LogP contribution in [0.25, 0.3) is 0 Å². The lowest BCUT2D eigenvalue weighted by molar-refractivity contribution is 0.0949. The lowest BCUT2D eigenvalue weighted by Gasteiger charge is -2.10. The predicted octanol–water partition coefficient (Wildman–Crippen LogP) is 3.27. The summed E-state index contributed by atoms with van der Waals surface area (Å²) in [5.74, 6) is 0.407. The van der Waals surface area contributed by atoms with Crippen LogP contribution in [0.5, 0.6) is 5.88 Å². The van der Waals surface area contributed by atoms with Crippen LogP contribution in [0.4, 0.5) is 0 Å². The average Bonchev–Trinajstić information content (AvgIpc) is 2.95. The Morgan fingerprint density at radius 3 is 2.67 bits per heavy atom. The number of nitrogens with zero attached hydrogens (tertiary/aromatic N) is 3. The van der Waals surface area contributed by atoms with Gasteiger partial charge in [-0.3, -0.25) is 9.48 Å². The number of hydrogen-bond donors (Lipinski definition) is 1. The molecule has 6 nitrogen and oxygen atoms in total. The van der Waals surface area contributed by atoms with Gasteiger partial charge in [-0.25, -0.2) is 4.98 Å². The van der Waals surface area contributed by atoms with Gasteiger partial charge in [0.05, 0.1) is 24.4 Å². The van der Waals surface area contributed by atoms with Crippen molar-refractivity contribution in [3.05, 3.63) is 76.7 Å². The van der Waals surface area contributed by atoms with Gasteiger partial charge in [-0.15, -0.1) is 0 Å². The summed E-state index contributed by atoms with van der Waals surface area (Å²) >= 11 is 0. The van der Waals surface area contributed by atoms with Gasteiger partial charge in [0.2, 0.25) is 5.88 Å². The molecule has 0 atom stereocenters. The Balaban J connectivity index is 1.74. The van der Waals surface area contributed by atoms with Crippen LogP contribution in [-0.2, 0) is 13.1 Å². The molecule has 1 N–H and O–H groups in total. The number of hydrogen-bond acceptors (Lipinski definition) is 4. The van der Waals surface area contributed by atoms with Crippen molar-refractivity contribution in [1.29, 1.82) is 0 Å². The van der Waals surface area contributed by atoms with Crippen molar-refractivity contribution < 1.29 is 9.53 Å². The minimum absolute atomic E-state index is 0.143. The van der Waals surface area contributed by atoms with Crippen LogP contribution in [-0.4, -0.2) is 27.3 Å². The molecule has 140 valence electrons. The summed E-state index contributed by atoms with van der Waals surface area (Å²) in [4.78, 5) is 17.0. The maximum absolute atomic E-state index is 12.8. The van der Waals surface area contributed by atoms with E-state index in [1.54, 1.807) is 6.20 Å². The molecule has 6 heteroatoms. The quantitative estimate of drug-likeness (QED) is 0.699. The summed E-state index contributed by atoms with van der Waals surface area (Å²) < 4.78 is 7.38. The standard InChI is InChI=1S/C21H24N4O2/c1-4-27-21-18(11-8-12-22-21)13-23-20(26)19-15(2)24-25(16(19)3)14-17-9-6-5-7-10-17/h5-12H,4,13-14H2,1-3H3,(H,23,26). The molecule has 1 amide bonds. The van der Waals surface area contributed by atoms with E-state index < -0.39 is 0 Å². The second kappa shape index (κ2) is 8.49. The molecule has 0 aliphatic rings. The number of aromatic nitrogens is 3. The van der Waals surface area contributed by atoms with Gasteiger partial charge in [-0.05, 0) is 32.4 Å². The van der Waals surface area contributed by atoms with Gasteiger partial charge in [0.25, 0.3) is 5.91 Å². The third-order valence-corrected chi connectivity index (χ3v) is 4.35. The molecular weight excluding hydrogens is 340 g/mol. The molecule has 1 aromatic carbocycles. The predicted molar refractivity (Wildman–Crippen MR) is 104 cm³/mol. The van der Waals surface area contributed by atoms with Crippen LogP contribution in [0.1, 0.15) is 39.8 Å². The zero-order valence-corrected chi connectivity index (χ0v) is 15.9. The summed E-state index contributed by atoms with van der Waals surface area (Å²) in [7, 11) is 0. The van der Waals surface area contributed by atoms with Gasteiger partial charge in [0, 0.05) is 24.0 Å². The Labute approximate surface area is 159 Å². The molecule has 2 aromatic heterocycles. The highest BCUT2D eigenvalue weighted by molar-refractivity contribution is 5.96. The fraction of sp³-hybridized carbons (Fsp3) is 0.286. The van der Waals surface area contributed by atoms with Crippen LogP contribution in [0.3, 0.4) is 0 Å². The highest BCUT2D eigenvalue weighted by Gasteiger charge is 2.19. The maximum atomic E-state index is 12.8. The zero-order chi connectivity index (χ0) is 19.2. The summed E-state index contributed by atoms with van der Waals surface area (Å²) in [6.07, 6.45) is 1.68. The van der Waals surface area contributed by atoms with E-state index in [1.165, 1.54) is 0 Å². The number of amides is 1. The third-order valence-electron chi connectivity index (χ3n) is 4.35. The second-order valence-corrected chi connectivity index (χ2v) is 6.27. The van der Waals surface area contributed by atoms with E-state index in [9.17, 15) is 4.79 Å². The van der Waals surface area contributed by atoms with Crippen LogP contribution in [0.15, 0.2) is 48.7 Å². The van der Waals surface area contributed by atoms with Crippen molar-refractivity contribution in [1.82, 2.24) is 20.1 Å². The number of aryl methyl sites for hydroxylation is 1. The molecule has 0 aliphatic heterocycles. The molecule has 0 bridgehead atoms. The van der Waals surface area contributed by atoms with Gasteiger partial charge in [-0.2, -0.15) is 5.10 Å². The number of ether oxygens (including phenoxy) is 1. The van der Waals surface area contributed by atoms with Gasteiger partial charge in [-0.1, -0.05) is 36.4 Å². The van der Waals surface area contributed by atoms with Gasteiger partial charge < -0.3 is 10.1 Å². The summed E-state index contributed by atoms with van der Waals surface area (Å²) in [5, 5.41) is 7.51. The third kappa shape index (κ3) is 4.34. The van der Waals surface area contributed by atoms with E-state index >= 15 is 0 Å². The van der Waals surface area contributed by atoms with Crippen molar-refractivity contribution in [3.63, 3.8) is 0 Å². The number of carbonyl (C=O) groups excluding carboxylic acids is 1. The van der Waals surface area contributed by atoms with Crippen molar-refractivity contribution in [2.45, 2.75) is 33.9 Å². The molecule has 27 heavy (non-hydrogen) atoms. The average molecular weight is 364 g/mol. The largest absolute Gasteiger partial charge is 0.478 e. The molecule has 0 unspecified atom stereocenters. The van der Waals surface area contributed by atoms with Gasteiger partial charge in [0.1, 0.15) is 0 Å². The highest BCUT2D eigenvalue weighted by Crippen LogP contribution is 2.17. The Morgan fingerprint density at radius 1 is 1.15 bits per heavy atom. The van der Waals surface area contributed by atoms with Gasteiger partial charge in [0.15, 0.2) is 0 Å². The van der Waals surface area contributed by atoms with E-state index in [2.05, 4.69) is 15.4 Å². The van der Waals surface area contributed by atoms with Crippen molar-refractivity contribution in [3.8, 4) is 5.88 Å². The van der Waals surface area contributed by atoms with E-state index in [4.69, 9.17) is 4.74 Å². The highest BCUT2D eigenvalue weighted by atomic mass is 16.5. The summed E-state index contributed by atoms with van der Waals surface area (Å²) in [6, 6.07) is 13.8. The minimum atomic E-state index is -0.143. The first-order chi connectivity index (χ1) is 13.1. The molecule has 0 radical (unpaired) electrons. The van der Waals surface area contributed by atoms with Crippen molar-refractivity contribution in [2.75, 3.05) is 6.61 Å². The molecule has 3 rings (SSSR count). The molecule has 0 fully saturated rings. The number of benzene rings is 1. The van der Waals surface area contributed by atoms with Gasteiger partial charge >= 0.3 is 0 Å². The van der Waals surface area contributed by atoms with E-state index in [-0.39, 0.29) is 5.91 Å². The molecule has 0 saturated heterocycles. The summed E-state index contributed by atoms with van der Waals surface area (Å²) in [5.41, 5.74) is 4.18. The van der Waals surface area contributed by atoms with Crippen molar-refractivity contribution in [2.24, 2.45) is 0 Å². The monoisotopic (exact) mass is 364 g/mol. The minimum Gasteiger partial charge on any atom is -0.478 e. The maximum Gasteiger partial charge on any atom is 0.255 e. The lowest BCUT2D eigenvalue weighted by atomic mass is 10.1. The normalized spacial score (nSPS) is 10.6. The summed E-state index contributed by atoms with van der Waals surface area (Å²) in [6.45, 7) is 7.21. The van der Waals surface area contributed by atoms with E-state index in [1.807, 2.05) is 67.9 Å². The van der Waals surface area contributed by atoms with E-state index in [0.717, 1.165) is 22.5 Å². The molecular formula is C21H24N4O2. The topological polar surface area (TPSA) is 69.0 Å². The SMILES string of the molecule is CCOc1ncccc1CNC(=O)c1c(C)nn(Cc2ccccc2)c1C. The molecule has 0 spiro atoms. The molecule has 2 heterocycles. The first-order valence-electron chi connectivity index (χ1n) is 9.03. The fourth-order valence-corrected chi connectivity index (χ4v) is 3.03. The van der Waals surface area contributed by atoms with Crippen molar-refractivity contribution >= 4 is 5.91 Å². The molecule has 0 saturated carbocycles. The number of rotatable bonds is 7.